The SMILES string of the molecule is O=C1CS[C@@H](c2cccc(OCc3ccccc3)c2)N1c1ccc(Cl)cc1. The largest absolute Gasteiger partial charge is 0.489 e. The van der Waals surface area contributed by atoms with Crippen LogP contribution < -0.4 is 9.64 Å². The van der Waals surface area contributed by atoms with Gasteiger partial charge in [-0.25, -0.2) is 0 Å². The van der Waals surface area contributed by atoms with Crippen molar-refractivity contribution >= 4 is 35.0 Å². The van der Waals surface area contributed by atoms with E-state index in [4.69, 9.17) is 16.3 Å². The fourth-order valence-corrected chi connectivity index (χ4v) is 4.34. The molecule has 0 aliphatic carbocycles. The van der Waals surface area contributed by atoms with Crippen LogP contribution in [0.25, 0.3) is 0 Å². The van der Waals surface area contributed by atoms with E-state index in [0.717, 1.165) is 22.6 Å². The summed E-state index contributed by atoms with van der Waals surface area (Å²) >= 11 is 7.61. The normalized spacial score (nSPS) is 16.6. The molecule has 1 amide bonds. The zero-order valence-corrected chi connectivity index (χ0v) is 16.1. The number of benzene rings is 3. The van der Waals surface area contributed by atoms with Crippen molar-refractivity contribution in [1.29, 1.82) is 0 Å². The number of halogens is 1. The van der Waals surface area contributed by atoms with E-state index in [1.165, 1.54) is 0 Å². The maximum Gasteiger partial charge on any atom is 0.238 e. The Kier molecular flexibility index (Phi) is 5.37. The minimum absolute atomic E-state index is 0.0704. The molecule has 136 valence electrons. The molecule has 4 rings (SSSR count). The molecule has 5 heteroatoms. The van der Waals surface area contributed by atoms with Gasteiger partial charge in [0.1, 0.15) is 17.7 Å². The molecule has 0 bridgehead atoms. The Bertz CT molecular complexity index is 931. The highest BCUT2D eigenvalue weighted by Gasteiger charge is 2.34. The van der Waals surface area contributed by atoms with E-state index >= 15 is 0 Å². The van der Waals surface area contributed by atoms with Crippen molar-refractivity contribution in [3.05, 3.63) is 95.0 Å². The van der Waals surface area contributed by atoms with Gasteiger partial charge in [-0.2, -0.15) is 0 Å². The van der Waals surface area contributed by atoms with Crippen LogP contribution in [0, 0.1) is 0 Å². The lowest BCUT2D eigenvalue weighted by Crippen LogP contribution is -2.27. The van der Waals surface area contributed by atoms with Crippen LogP contribution in [-0.4, -0.2) is 11.7 Å². The summed E-state index contributed by atoms with van der Waals surface area (Å²) in [5.41, 5.74) is 3.03. The number of rotatable bonds is 5. The first-order valence-corrected chi connectivity index (χ1v) is 10.1. The molecule has 1 aliphatic heterocycles. The molecule has 1 fully saturated rings. The average Bonchev–Trinajstić information content (AvgIpc) is 3.10. The van der Waals surface area contributed by atoms with Gasteiger partial charge in [0.2, 0.25) is 5.91 Å². The van der Waals surface area contributed by atoms with Crippen molar-refractivity contribution in [2.24, 2.45) is 0 Å². The fraction of sp³-hybridized carbons (Fsp3) is 0.136. The zero-order chi connectivity index (χ0) is 18.6. The molecule has 0 unspecified atom stereocenters. The maximum atomic E-state index is 12.5. The summed E-state index contributed by atoms with van der Waals surface area (Å²) in [5, 5.41) is 0.588. The molecule has 1 heterocycles. The quantitative estimate of drug-likeness (QED) is 0.555. The van der Waals surface area contributed by atoms with Crippen LogP contribution in [0.2, 0.25) is 5.02 Å². The van der Waals surface area contributed by atoms with E-state index in [0.29, 0.717) is 17.4 Å². The molecule has 27 heavy (non-hydrogen) atoms. The lowest BCUT2D eigenvalue weighted by atomic mass is 10.1. The van der Waals surface area contributed by atoms with E-state index in [9.17, 15) is 4.79 Å². The number of hydrogen-bond donors (Lipinski definition) is 0. The first-order chi connectivity index (χ1) is 13.2. The first-order valence-electron chi connectivity index (χ1n) is 8.66. The molecule has 3 aromatic rings. The Morgan fingerprint density at radius 2 is 1.78 bits per heavy atom. The highest BCUT2D eigenvalue weighted by atomic mass is 35.5. The summed E-state index contributed by atoms with van der Waals surface area (Å²) in [5.74, 6) is 1.36. The van der Waals surface area contributed by atoms with E-state index < -0.39 is 0 Å². The summed E-state index contributed by atoms with van der Waals surface area (Å²) in [7, 11) is 0. The van der Waals surface area contributed by atoms with E-state index in [1.54, 1.807) is 11.8 Å². The third-order valence-electron chi connectivity index (χ3n) is 4.36. The summed E-state index contributed by atoms with van der Waals surface area (Å²) in [4.78, 5) is 14.3. The summed E-state index contributed by atoms with van der Waals surface area (Å²) in [6, 6.07) is 25.4. The van der Waals surface area contributed by atoms with Gasteiger partial charge in [-0.3, -0.25) is 9.69 Å². The predicted molar refractivity (Wildman–Crippen MR) is 111 cm³/mol. The molecule has 1 saturated heterocycles. The summed E-state index contributed by atoms with van der Waals surface area (Å²) in [6.45, 7) is 0.516. The Morgan fingerprint density at radius 1 is 1.00 bits per heavy atom. The van der Waals surface area contributed by atoms with Gasteiger partial charge in [-0.1, -0.05) is 54.1 Å². The molecule has 3 nitrogen and oxygen atoms in total. The van der Waals surface area contributed by atoms with Crippen molar-refractivity contribution in [2.45, 2.75) is 12.0 Å². The third kappa shape index (κ3) is 4.12. The van der Waals surface area contributed by atoms with Crippen molar-refractivity contribution in [1.82, 2.24) is 0 Å². The Labute approximate surface area is 167 Å². The monoisotopic (exact) mass is 395 g/mol. The van der Waals surface area contributed by atoms with Crippen LogP contribution in [-0.2, 0) is 11.4 Å². The minimum Gasteiger partial charge on any atom is -0.489 e. The number of carbonyl (C=O) groups excluding carboxylic acids is 1. The van der Waals surface area contributed by atoms with Crippen molar-refractivity contribution in [3.8, 4) is 5.75 Å². The van der Waals surface area contributed by atoms with Crippen LogP contribution in [0.4, 0.5) is 5.69 Å². The molecule has 0 aromatic heterocycles. The van der Waals surface area contributed by atoms with Crippen molar-refractivity contribution in [2.75, 3.05) is 10.7 Å². The smallest absolute Gasteiger partial charge is 0.238 e. The maximum absolute atomic E-state index is 12.5. The molecule has 3 aromatic carbocycles. The molecule has 0 spiro atoms. The van der Waals surface area contributed by atoms with Gasteiger partial charge < -0.3 is 4.74 Å². The lowest BCUT2D eigenvalue weighted by Gasteiger charge is -2.24. The Hall–Kier alpha value is -2.43. The molecule has 1 atom stereocenters. The van der Waals surface area contributed by atoms with Crippen molar-refractivity contribution in [3.63, 3.8) is 0 Å². The summed E-state index contributed by atoms with van der Waals surface area (Å²) < 4.78 is 5.95. The van der Waals surface area contributed by atoms with Crippen LogP contribution in [0.15, 0.2) is 78.9 Å². The zero-order valence-electron chi connectivity index (χ0n) is 14.5. The molecule has 0 N–H and O–H groups in total. The van der Waals surface area contributed by atoms with Gasteiger partial charge in [-0.05, 0) is 47.5 Å². The van der Waals surface area contributed by atoms with E-state index in [-0.39, 0.29) is 11.3 Å². The summed E-state index contributed by atoms with van der Waals surface area (Å²) in [6.07, 6.45) is 0. The predicted octanol–water partition coefficient (Wildman–Crippen LogP) is 5.70. The number of hydrogen-bond acceptors (Lipinski definition) is 3. The van der Waals surface area contributed by atoms with Gasteiger partial charge >= 0.3 is 0 Å². The van der Waals surface area contributed by atoms with Gasteiger partial charge in [0.15, 0.2) is 0 Å². The second kappa shape index (κ2) is 8.07. The number of ether oxygens (including phenoxy) is 1. The van der Waals surface area contributed by atoms with Crippen LogP contribution in [0.3, 0.4) is 0 Å². The Balaban J connectivity index is 1.55. The molecule has 0 saturated carbocycles. The van der Waals surface area contributed by atoms with Gasteiger partial charge in [0.05, 0.1) is 5.75 Å². The highest BCUT2D eigenvalue weighted by molar-refractivity contribution is 8.00. The average molecular weight is 396 g/mol. The fourth-order valence-electron chi connectivity index (χ4n) is 3.05. The number of thioether (sulfide) groups is 1. The van der Waals surface area contributed by atoms with Gasteiger partial charge in [0, 0.05) is 10.7 Å². The molecule has 1 aliphatic rings. The highest BCUT2D eigenvalue weighted by Crippen LogP contribution is 2.42. The van der Waals surface area contributed by atoms with Crippen LogP contribution in [0.1, 0.15) is 16.5 Å². The third-order valence-corrected chi connectivity index (χ3v) is 5.83. The molecular weight excluding hydrogens is 378 g/mol. The van der Waals surface area contributed by atoms with Gasteiger partial charge in [0.25, 0.3) is 0 Å². The second-order valence-electron chi connectivity index (χ2n) is 6.25. The van der Waals surface area contributed by atoms with Crippen LogP contribution in [0.5, 0.6) is 5.75 Å². The number of anilines is 1. The Morgan fingerprint density at radius 3 is 2.56 bits per heavy atom. The lowest BCUT2D eigenvalue weighted by molar-refractivity contribution is -0.115. The molecular formula is C22H18ClNO2S. The standard InChI is InChI=1S/C22H18ClNO2S/c23-18-9-11-19(12-10-18)24-21(25)15-27-22(24)17-7-4-8-20(13-17)26-14-16-5-2-1-3-6-16/h1-13,22H,14-15H2/t22-/m0/s1. The van der Waals surface area contributed by atoms with E-state index in [2.05, 4.69) is 0 Å². The van der Waals surface area contributed by atoms with Gasteiger partial charge in [-0.15, -0.1) is 11.8 Å². The first kappa shape index (κ1) is 18.0. The van der Waals surface area contributed by atoms with E-state index in [1.807, 2.05) is 83.8 Å². The number of nitrogens with zero attached hydrogens (tertiary/aromatic N) is 1. The minimum atomic E-state index is -0.0704. The second-order valence-corrected chi connectivity index (χ2v) is 7.76. The number of amides is 1. The molecule has 0 radical (unpaired) electrons. The topological polar surface area (TPSA) is 29.5 Å². The van der Waals surface area contributed by atoms with Crippen molar-refractivity contribution < 1.29 is 9.53 Å². The van der Waals surface area contributed by atoms with Crippen LogP contribution >= 0.6 is 23.4 Å². The number of carbonyl (C=O) groups is 1.